The first kappa shape index (κ1) is 11.9. The molecule has 0 bridgehead atoms. The maximum Gasteiger partial charge on any atom is 0.339 e. The summed E-state index contributed by atoms with van der Waals surface area (Å²) in [6, 6.07) is 2.20. The number of rotatable bonds is 4. The first-order valence-electron chi connectivity index (χ1n) is 5.80. The summed E-state index contributed by atoms with van der Waals surface area (Å²) in [5, 5.41) is 12.2. The van der Waals surface area contributed by atoms with Crippen molar-refractivity contribution >= 4 is 11.7 Å². The standard InChI is InChI=1S/C12H17N3O2/c1-15-6-2-3-9(15)7-14-11-4-5-13-8-10(11)12(16)17/h4-5,8-9H,2-3,6-7H2,1H3,(H,13,14)(H,16,17). The normalized spacial score (nSPS) is 20.4. The molecule has 1 aliphatic rings. The third-order valence-electron chi connectivity index (χ3n) is 3.25. The highest BCUT2D eigenvalue weighted by molar-refractivity contribution is 5.93. The Labute approximate surface area is 100 Å². The van der Waals surface area contributed by atoms with Gasteiger partial charge in [-0.05, 0) is 32.5 Å². The number of aromatic nitrogens is 1. The summed E-state index contributed by atoms with van der Waals surface area (Å²) < 4.78 is 0. The molecular formula is C12H17N3O2. The zero-order chi connectivity index (χ0) is 12.3. The van der Waals surface area contributed by atoms with E-state index in [-0.39, 0.29) is 5.56 Å². The van der Waals surface area contributed by atoms with Gasteiger partial charge >= 0.3 is 5.97 Å². The van der Waals surface area contributed by atoms with Crippen molar-refractivity contribution in [3.63, 3.8) is 0 Å². The van der Waals surface area contributed by atoms with Gasteiger partial charge in [0.25, 0.3) is 0 Å². The second-order valence-electron chi connectivity index (χ2n) is 4.38. The van der Waals surface area contributed by atoms with Crippen molar-refractivity contribution in [2.45, 2.75) is 18.9 Å². The van der Waals surface area contributed by atoms with Gasteiger partial charge in [0.1, 0.15) is 5.56 Å². The minimum atomic E-state index is -0.944. The molecule has 2 heterocycles. The van der Waals surface area contributed by atoms with Crippen LogP contribution in [0.25, 0.3) is 0 Å². The third kappa shape index (κ3) is 2.74. The lowest BCUT2D eigenvalue weighted by Gasteiger charge is -2.20. The fraction of sp³-hybridized carbons (Fsp3) is 0.500. The molecule has 0 spiro atoms. The summed E-state index contributed by atoms with van der Waals surface area (Å²) >= 11 is 0. The number of anilines is 1. The summed E-state index contributed by atoms with van der Waals surface area (Å²) in [7, 11) is 2.10. The van der Waals surface area contributed by atoms with Crippen molar-refractivity contribution in [2.75, 3.05) is 25.5 Å². The van der Waals surface area contributed by atoms with E-state index in [2.05, 4.69) is 22.2 Å². The van der Waals surface area contributed by atoms with Gasteiger partial charge < -0.3 is 15.3 Å². The predicted molar refractivity (Wildman–Crippen MR) is 65.3 cm³/mol. The maximum absolute atomic E-state index is 11.0. The lowest BCUT2D eigenvalue weighted by Crippen LogP contribution is -2.31. The van der Waals surface area contributed by atoms with Gasteiger partial charge in [-0.2, -0.15) is 0 Å². The Morgan fingerprint density at radius 2 is 2.53 bits per heavy atom. The second kappa shape index (κ2) is 5.14. The van der Waals surface area contributed by atoms with Crippen molar-refractivity contribution in [3.8, 4) is 0 Å². The molecule has 5 heteroatoms. The summed E-state index contributed by atoms with van der Waals surface area (Å²) in [5.41, 5.74) is 0.876. The average molecular weight is 235 g/mol. The Morgan fingerprint density at radius 3 is 3.18 bits per heavy atom. The van der Waals surface area contributed by atoms with Gasteiger partial charge in [0.05, 0.1) is 5.69 Å². The highest BCUT2D eigenvalue weighted by Crippen LogP contribution is 2.18. The summed E-state index contributed by atoms with van der Waals surface area (Å²) in [4.78, 5) is 17.1. The van der Waals surface area contributed by atoms with E-state index in [4.69, 9.17) is 5.11 Å². The number of carboxylic acids is 1. The fourth-order valence-electron chi connectivity index (χ4n) is 2.18. The Bertz CT molecular complexity index is 408. The van der Waals surface area contributed by atoms with Crippen LogP contribution in [0.4, 0.5) is 5.69 Å². The quantitative estimate of drug-likeness (QED) is 0.823. The van der Waals surface area contributed by atoms with Gasteiger partial charge in [-0.3, -0.25) is 4.98 Å². The smallest absolute Gasteiger partial charge is 0.339 e. The SMILES string of the molecule is CN1CCCC1CNc1ccncc1C(=O)O. The zero-order valence-electron chi connectivity index (χ0n) is 9.89. The molecule has 1 aromatic heterocycles. The molecule has 1 aliphatic heterocycles. The molecule has 2 rings (SSSR count). The van der Waals surface area contributed by atoms with Gasteiger partial charge in [-0.1, -0.05) is 0 Å². The average Bonchev–Trinajstić information content (AvgIpc) is 2.72. The van der Waals surface area contributed by atoms with Crippen molar-refractivity contribution in [1.29, 1.82) is 0 Å². The first-order chi connectivity index (χ1) is 8.18. The van der Waals surface area contributed by atoms with Crippen LogP contribution in [-0.4, -0.2) is 47.1 Å². The molecule has 2 N–H and O–H groups in total. The number of likely N-dealkylation sites (tertiary alicyclic amines) is 1. The number of carboxylic acid groups (broad SMARTS) is 1. The van der Waals surface area contributed by atoms with Crippen LogP contribution in [0.5, 0.6) is 0 Å². The van der Waals surface area contributed by atoms with Crippen molar-refractivity contribution in [1.82, 2.24) is 9.88 Å². The van der Waals surface area contributed by atoms with Crippen LogP contribution in [0.2, 0.25) is 0 Å². The van der Waals surface area contributed by atoms with Crippen LogP contribution < -0.4 is 5.32 Å². The van der Waals surface area contributed by atoms with Crippen molar-refractivity contribution in [2.24, 2.45) is 0 Å². The van der Waals surface area contributed by atoms with Gasteiger partial charge in [-0.25, -0.2) is 4.79 Å². The molecule has 0 aliphatic carbocycles. The molecule has 0 saturated carbocycles. The second-order valence-corrected chi connectivity index (χ2v) is 4.38. The molecule has 0 radical (unpaired) electrons. The van der Waals surface area contributed by atoms with E-state index in [9.17, 15) is 4.79 Å². The number of hydrogen-bond acceptors (Lipinski definition) is 4. The van der Waals surface area contributed by atoms with Gasteiger partial charge in [0.2, 0.25) is 0 Å². The molecule has 5 nitrogen and oxygen atoms in total. The molecule has 1 unspecified atom stereocenters. The number of nitrogens with one attached hydrogen (secondary N) is 1. The van der Waals surface area contributed by atoms with Gasteiger partial charge in [0, 0.05) is 25.0 Å². The molecule has 1 aromatic rings. The zero-order valence-corrected chi connectivity index (χ0v) is 9.89. The number of nitrogens with zero attached hydrogens (tertiary/aromatic N) is 2. The van der Waals surface area contributed by atoms with E-state index in [1.54, 1.807) is 12.3 Å². The summed E-state index contributed by atoms with van der Waals surface area (Å²) in [6.45, 7) is 1.90. The molecule has 17 heavy (non-hydrogen) atoms. The molecule has 1 saturated heterocycles. The Morgan fingerprint density at radius 1 is 1.71 bits per heavy atom. The highest BCUT2D eigenvalue weighted by Gasteiger charge is 2.21. The van der Waals surface area contributed by atoms with E-state index in [1.807, 2.05) is 0 Å². The number of hydrogen-bond donors (Lipinski definition) is 2. The van der Waals surface area contributed by atoms with Crippen LogP contribution >= 0.6 is 0 Å². The molecular weight excluding hydrogens is 218 g/mol. The lowest BCUT2D eigenvalue weighted by atomic mass is 10.2. The van der Waals surface area contributed by atoms with Crippen LogP contribution in [-0.2, 0) is 0 Å². The Balaban J connectivity index is 2.01. The first-order valence-corrected chi connectivity index (χ1v) is 5.80. The van der Waals surface area contributed by atoms with Gasteiger partial charge in [-0.15, -0.1) is 0 Å². The topological polar surface area (TPSA) is 65.5 Å². The van der Waals surface area contributed by atoms with Crippen molar-refractivity contribution < 1.29 is 9.90 Å². The maximum atomic E-state index is 11.0. The number of carbonyl (C=O) groups is 1. The van der Waals surface area contributed by atoms with E-state index in [0.717, 1.165) is 19.5 Å². The van der Waals surface area contributed by atoms with E-state index in [0.29, 0.717) is 11.7 Å². The lowest BCUT2D eigenvalue weighted by molar-refractivity contribution is 0.0697. The van der Waals surface area contributed by atoms with Crippen LogP contribution in [0, 0.1) is 0 Å². The number of likely N-dealkylation sites (N-methyl/N-ethyl adjacent to an activating group) is 1. The van der Waals surface area contributed by atoms with Crippen LogP contribution in [0.15, 0.2) is 18.5 Å². The highest BCUT2D eigenvalue weighted by atomic mass is 16.4. The molecule has 0 amide bonds. The van der Waals surface area contributed by atoms with E-state index < -0.39 is 5.97 Å². The van der Waals surface area contributed by atoms with E-state index in [1.165, 1.54) is 12.6 Å². The molecule has 0 aromatic carbocycles. The molecule has 92 valence electrons. The Hall–Kier alpha value is -1.62. The van der Waals surface area contributed by atoms with Crippen LogP contribution in [0.3, 0.4) is 0 Å². The molecule has 1 fully saturated rings. The summed E-state index contributed by atoms with van der Waals surface area (Å²) in [5.74, 6) is -0.944. The third-order valence-corrected chi connectivity index (χ3v) is 3.25. The Kier molecular flexibility index (Phi) is 3.58. The van der Waals surface area contributed by atoms with Crippen molar-refractivity contribution in [3.05, 3.63) is 24.0 Å². The minimum Gasteiger partial charge on any atom is -0.478 e. The van der Waals surface area contributed by atoms with E-state index >= 15 is 0 Å². The van der Waals surface area contributed by atoms with Crippen LogP contribution in [0.1, 0.15) is 23.2 Å². The number of pyridine rings is 1. The minimum absolute atomic E-state index is 0.230. The predicted octanol–water partition coefficient (Wildman–Crippen LogP) is 1.29. The molecule has 1 atom stereocenters. The number of aromatic carboxylic acids is 1. The largest absolute Gasteiger partial charge is 0.478 e. The monoisotopic (exact) mass is 235 g/mol. The fourth-order valence-corrected chi connectivity index (χ4v) is 2.18. The van der Waals surface area contributed by atoms with Gasteiger partial charge in [0.15, 0.2) is 0 Å². The summed E-state index contributed by atoms with van der Waals surface area (Å²) in [6.07, 6.45) is 5.36.